The van der Waals surface area contributed by atoms with Crippen molar-refractivity contribution >= 4 is 29.4 Å². The molecule has 3 aliphatic heterocycles. The van der Waals surface area contributed by atoms with Crippen molar-refractivity contribution in [3.05, 3.63) is 64.5 Å². The zero-order valence-electron chi connectivity index (χ0n) is 25.4. The van der Waals surface area contributed by atoms with Crippen molar-refractivity contribution < 1.29 is 33.0 Å². The third-order valence-electron chi connectivity index (χ3n) is 8.12. The number of halogens is 1. The molecular weight excluding hydrogens is 569 g/mol. The molecule has 2 fully saturated rings. The van der Waals surface area contributed by atoms with E-state index in [0.717, 1.165) is 49.9 Å². The van der Waals surface area contributed by atoms with Crippen LogP contribution < -0.4 is 11.1 Å². The Bertz CT molecular complexity index is 1430. The van der Waals surface area contributed by atoms with Crippen LogP contribution in [-0.2, 0) is 32.2 Å². The number of fused-ring (bicyclic) bond motifs is 1. The standard InChI is InChI=1S/C32H40FN5O6/c1-32(2,3)44-27(39)10-9-26(29(34)40)38-30(41)23-5-4-6-25(28(23)31(38)42)35-16-21-8-7-20(15-24(21)33)17-36-18-22(19-36)37-11-13-43-14-12-37/h4-8,15,22,26,35H,9-14,16-19H2,1-3H3,(H2,34,40)/t26-/m0/s1. The van der Waals surface area contributed by atoms with E-state index in [1.165, 1.54) is 12.1 Å². The van der Waals surface area contributed by atoms with Gasteiger partial charge < -0.3 is 20.5 Å². The van der Waals surface area contributed by atoms with Gasteiger partial charge in [0.05, 0.1) is 24.3 Å². The summed E-state index contributed by atoms with van der Waals surface area (Å²) in [6, 6.07) is 9.06. The van der Waals surface area contributed by atoms with E-state index in [1.54, 1.807) is 39.0 Å². The molecule has 2 saturated heterocycles. The molecule has 0 spiro atoms. The van der Waals surface area contributed by atoms with Gasteiger partial charge in [-0.15, -0.1) is 0 Å². The molecule has 0 unspecified atom stereocenters. The number of carbonyl (C=O) groups is 4. The number of amides is 3. The number of morpholine rings is 1. The average molecular weight is 610 g/mol. The number of rotatable bonds is 11. The molecule has 44 heavy (non-hydrogen) atoms. The summed E-state index contributed by atoms with van der Waals surface area (Å²) in [7, 11) is 0. The van der Waals surface area contributed by atoms with Crippen molar-refractivity contribution in [1.82, 2.24) is 14.7 Å². The monoisotopic (exact) mass is 609 g/mol. The summed E-state index contributed by atoms with van der Waals surface area (Å²) in [5, 5.41) is 3.09. The van der Waals surface area contributed by atoms with Gasteiger partial charge in [-0.05, 0) is 51.0 Å². The largest absolute Gasteiger partial charge is 0.460 e. The maximum Gasteiger partial charge on any atom is 0.306 e. The number of hydrogen-bond donors (Lipinski definition) is 2. The molecule has 2 aromatic carbocycles. The fraction of sp³-hybridized carbons (Fsp3) is 0.500. The van der Waals surface area contributed by atoms with Gasteiger partial charge in [0.15, 0.2) is 0 Å². The lowest BCUT2D eigenvalue weighted by atomic mass is 10.0. The van der Waals surface area contributed by atoms with Crippen LogP contribution in [0.2, 0.25) is 0 Å². The van der Waals surface area contributed by atoms with E-state index in [-0.39, 0.29) is 36.3 Å². The number of likely N-dealkylation sites (tertiary alicyclic amines) is 1. The lowest BCUT2D eigenvalue weighted by Gasteiger charge is -2.46. The van der Waals surface area contributed by atoms with Gasteiger partial charge in [-0.1, -0.05) is 18.2 Å². The minimum Gasteiger partial charge on any atom is -0.460 e. The lowest BCUT2D eigenvalue weighted by molar-refractivity contribution is -0.155. The first-order valence-corrected chi connectivity index (χ1v) is 15.0. The van der Waals surface area contributed by atoms with Crippen molar-refractivity contribution in [2.45, 2.75) is 64.4 Å². The average Bonchev–Trinajstić information content (AvgIpc) is 3.19. The van der Waals surface area contributed by atoms with E-state index < -0.39 is 35.3 Å². The topological polar surface area (TPSA) is 135 Å². The Kier molecular flexibility index (Phi) is 9.33. The molecule has 5 rings (SSSR count). The molecule has 3 amide bonds. The molecule has 3 aliphatic rings. The number of ether oxygens (including phenoxy) is 2. The molecule has 2 aromatic rings. The summed E-state index contributed by atoms with van der Waals surface area (Å²) < 4.78 is 25.8. The first-order chi connectivity index (χ1) is 20.9. The number of imide groups is 1. The fourth-order valence-corrected chi connectivity index (χ4v) is 5.91. The summed E-state index contributed by atoms with van der Waals surface area (Å²) in [5.41, 5.74) is 6.64. The van der Waals surface area contributed by atoms with E-state index >= 15 is 4.39 Å². The summed E-state index contributed by atoms with van der Waals surface area (Å²) in [5.74, 6) is -3.24. The quantitative estimate of drug-likeness (QED) is 0.291. The second kappa shape index (κ2) is 13.0. The number of nitrogens with one attached hydrogen (secondary N) is 1. The Morgan fingerprint density at radius 1 is 1.11 bits per heavy atom. The van der Waals surface area contributed by atoms with Gasteiger partial charge in [-0.25, -0.2) is 4.39 Å². The van der Waals surface area contributed by atoms with Crippen LogP contribution in [-0.4, -0.2) is 95.5 Å². The molecule has 0 bridgehead atoms. The third kappa shape index (κ3) is 7.09. The van der Waals surface area contributed by atoms with Gasteiger partial charge in [0, 0.05) is 63.0 Å². The maximum atomic E-state index is 15.1. The smallest absolute Gasteiger partial charge is 0.306 e. The fourth-order valence-electron chi connectivity index (χ4n) is 5.91. The normalized spacial score (nSPS) is 18.6. The Balaban J connectivity index is 1.20. The van der Waals surface area contributed by atoms with Crippen LogP contribution in [0.3, 0.4) is 0 Å². The van der Waals surface area contributed by atoms with Gasteiger partial charge >= 0.3 is 5.97 Å². The van der Waals surface area contributed by atoms with Gasteiger partial charge in [0.1, 0.15) is 17.5 Å². The van der Waals surface area contributed by atoms with E-state index in [4.69, 9.17) is 15.2 Å². The molecule has 0 aromatic heterocycles. The van der Waals surface area contributed by atoms with Crippen LogP contribution in [0.15, 0.2) is 36.4 Å². The van der Waals surface area contributed by atoms with E-state index in [9.17, 15) is 19.2 Å². The number of esters is 1. The van der Waals surface area contributed by atoms with E-state index in [2.05, 4.69) is 15.1 Å². The number of benzene rings is 2. The zero-order valence-corrected chi connectivity index (χ0v) is 25.4. The highest BCUT2D eigenvalue weighted by Gasteiger charge is 2.43. The van der Waals surface area contributed by atoms with Crippen molar-refractivity contribution in [3.8, 4) is 0 Å². The first-order valence-electron chi connectivity index (χ1n) is 15.0. The van der Waals surface area contributed by atoms with E-state index in [0.29, 0.717) is 23.8 Å². The van der Waals surface area contributed by atoms with Gasteiger partial charge in [-0.2, -0.15) is 0 Å². The van der Waals surface area contributed by atoms with Crippen molar-refractivity contribution in [3.63, 3.8) is 0 Å². The molecular formula is C32H40FN5O6. The summed E-state index contributed by atoms with van der Waals surface area (Å²) >= 11 is 0. The molecule has 3 heterocycles. The highest BCUT2D eigenvalue weighted by atomic mass is 19.1. The maximum absolute atomic E-state index is 15.1. The van der Waals surface area contributed by atoms with Crippen molar-refractivity contribution in [2.75, 3.05) is 44.7 Å². The summed E-state index contributed by atoms with van der Waals surface area (Å²) in [6.45, 7) is 11.2. The predicted molar refractivity (Wildman–Crippen MR) is 160 cm³/mol. The van der Waals surface area contributed by atoms with Crippen LogP contribution in [0, 0.1) is 5.82 Å². The Morgan fingerprint density at radius 3 is 2.50 bits per heavy atom. The van der Waals surface area contributed by atoms with Crippen LogP contribution >= 0.6 is 0 Å². The van der Waals surface area contributed by atoms with Crippen molar-refractivity contribution in [1.29, 1.82) is 0 Å². The van der Waals surface area contributed by atoms with E-state index in [1.807, 2.05) is 6.07 Å². The zero-order chi connectivity index (χ0) is 31.6. The second-order valence-electron chi connectivity index (χ2n) is 12.5. The molecule has 11 nitrogen and oxygen atoms in total. The number of nitrogens with two attached hydrogens (primary N) is 1. The number of hydrogen-bond acceptors (Lipinski definition) is 9. The number of anilines is 1. The molecule has 0 saturated carbocycles. The molecule has 1 atom stereocenters. The minimum atomic E-state index is -1.33. The number of nitrogens with zero attached hydrogens (tertiary/aromatic N) is 3. The van der Waals surface area contributed by atoms with Crippen molar-refractivity contribution in [2.24, 2.45) is 5.73 Å². The SMILES string of the molecule is CC(C)(C)OC(=O)CC[C@@H](C(N)=O)N1C(=O)c2cccc(NCc3ccc(CN4CC(N5CCOCC5)C4)cc3F)c2C1=O. The first kappa shape index (κ1) is 31.6. The Labute approximate surface area is 256 Å². The Hall–Kier alpha value is -3.87. The lowest BCUT2D eigenvalue weighted by Crippen LogP contribution is -2.60. The van der Waals surface area contributed by atoms with Crippen LogP contribution in [0.4, 0.5) is 10.1 Å². The number of primary amides is 1. The predicted octanol–water partition coefficient (Wildman–Crippen LogP) is 2.53. The van der Waals surface area contributed by atoms with Gasteiger partial charge in [-0.3, -0.25) is 33.9 Å². The summed E-state index contributed by atoms with van der Waals surface area (Å²) in [6.07, 6.45) is -0.369. The van der Waals surface area contributed by atoms with Gasteiger partial charge in [0.25, 0.3) is 11.8 Å². The molecule has 236 valence electrons. The highest BCUT2D eigenvalue weighted by Crippen LogP contribution is 2.32. The van der Waals surface area contributed by atoms with Crippen LogP contribution in [0.25, 0.3) is 0 Å². The molecule has 0 radical (unpaired) electrons. The van der Waals surface area contributed by atoms with Crippen LogP contribution in [0.5, 0.6) is 0 Å². The minimum absolute atomic E-state index is 0.0742. The molecule has 0 aliphatic carbocycles. The summed E-state index contributed by atoms with van der Waals surface area (Å²) in [4.78, 5) is 56.8. The van der Waals surface area contributed by atoms with Crippen LogP contribution in [0.1, 0.15) is 65.5 Å². The highest BCUT2D eigenvalue weighted by molar-refractivity contribution is 6.25. The number of carbonyl (C=O) groups excluding carboxylic acids is 4. The molecule has 3 N–H and O–H groups in total. The Morgan fingerprint density at radius 2 is 1.84 bits per heavy atom. The molecule has 12 heteroatoms. The third-order valence-corrected chi connectivity index (χ3v) is 8.12. The van der Waals surface area contributed by atoms with Gasteiger partial charge in [0.2, 0.25) is 5.91 Å². The second-order valence-corrected chi connectivity index (χ2v) is 12.5.